The number of anilines is 1. The Morgan fingerprint density at radius 2 is 2.19 bits per heavy atom. The molecule has 32 heavy (non-hydrogen) atoms. The molecule has 0 aliphatic carbocycles. The van der Waals surface area contributed by atoms with Gasteiger partial charge in [0.05, 0.1) is 12.9 Å². The number of nitrogens with one attached hydrogen (secondary N) is 2. The Labute approximate surface area is 186 Å². The van der Waals surface area contributed by atoms with Crippen LogP contribution in [0.4, 0.5) is 5.95 Å². The summed E-state index contributed by atoms with van der Waals surface area (Å²) in [6.45, 7) is 0.374. The van der Waals surface area contributed by atoms with Gasteiger partial charge in [-0.25, -0.2) is 9.97 Å². The zero-order valence-electron chi connectivity index (χ0n) is 16.7. The lowest BCUT2D eigenvalue weighted by Gasteiger charge is -2.20. The number of nitrogens with two attached hydrogens (primary N) is 2. The van der Waals surface area contributed by atoms with Crippen LogP contribution in [0.3, 0.4) is 0 Å². The Hall–Kier alpha value is -2.17. The Balaban J connectivity index is 1.72. The fraction of sp³-hybridized carbons (Fsp3) is 0.600. The van der Waals surface area contributed by atoms with Gasteiger partial charge in [-0.1, -0.05) is 12.2 Å². The third-order valence-electron chi connectivity index (χ3n) is 4.63. The number of aliphatic hydroxyl groups is 2. The molecule has 1 aliphatic heterocycles. The van der Waals surface area contributed by atoms with Gasteiger partial charge < -0.3 is 51.0 Å². The quantitative estimate of drug-likeness (QED) is 0.0629. The van der Waals surface area contributed by atoms with Gasteiger partial charge in [-0.2, -0.15) is 0 Å². The first-order chi connectivity index (χ1) is 15.1. The van der Waals surface area contributed by atoms with Crippen molar-refractivity contribution in [3.05, 3.63) is 11.0 Å². The van der Waals surface area contributed by atoms with Crippen molar-refractivity contribution in [2.45, 2.75) is 37.4 Å². The van der Waals surface area contributed by atoms with Crippen LogP contribution in [0, 0.1) is 4.64 Å². The normalized spacial score (nSPS) is 25.0. The number of aliphatic imine (C=N–C) groups is 1. The van der Waals surface area contributed by atoms with Crippen molar-refractivity contribution in [3.63, 3.8) is 0 Å². The van der Waals surface area contributed by atoms with E-state index in [1.807, 2.05) is 0 Å². The van der Waals surface area contributed by atoms with Crippen molar-refractivity contribution in [3.8, 4) is 0 Å². The second kappa shape index (κ2) is 10.2. The van der Waals surface area contributed by atoms with Crippen LogP contribution in [0.15, 0.2) is 11.3 Å². The first-order valence-electron chi connectivity index (χ1n) is 9.53. The number of hydrogen-bond donors (Lipinski definition) is 7. The summed E-state index contributed by atoms with van der Waals surface area (Å²) >= 11 is 5.28. The van der Waals surface area contributed by atoms with Gasteiger partial charge in [-0.15, -0.1) is 0 Å². The van der Waals surface area contributed by atoms with Crippen LogP contribution in [0.25, 0.3) is 11.2 Å². The molecule has 9 N–H and O–H groups in total. The molecule has 2 aromatic rings. The molecule has 0 amide bonds. The van der Waals surface area contributed by atoms with E-state index in [0.29, 0.717) is 30.2 Å². The Kier molecular flexibility index (Phi) is 7.79. The zero-order chi connectivity index (χ0) is 23.5. The number of guanidine groups is 1. The van der Waals surface area contributed by atoms with E-state index in [4.69, 9.17) is 33.3 Å². The zero-order valence-corrected chi connectivity index (χ0v) is 18.4. The number of hydrogen-bond acceptors (Lipinski definition) is 11. The summed E-state index contributed by atoms with van der Waals surface area (Å²) in [6.07, 6.45) is -2.41. The maximum Gasteiger partial charge on any atom is 0.265 e. The number of ether oxygens (including phenoxy) is 1. The maximum absolute atomic E-state index is 10.8. The van der Waals surface area contributed by atoms with Gasteiger partial charge in [-0.05, 0) is 12.8 Å². The van der Waals surface area contributed by atoms with E-state index in [2.05, 4.69) is 29.8 Å². The third-order valence-corrected chi connectivity index (χ3v) is 5.39. The van der Waals surface area contributed by atoms with E-state index in [0.717, 1.165) is 12.8 Å². The molecule has 1 aliphatic rings. The third kappa shape index (κ3) is 5.99. The fourth-order valence-electron chi connectivity index (χ4n) is 3.13. The Morgan fingerprint density at radius 3 is 2.88 bits per heavy atom. The summed E-state index contributed by atoms with van der Waals surface area (Å²) in [7, 11) is -5.02. The van der Waals surface area contributed by atoms with E-state index in [1.165, 1.54) is 10.9 Å². The number of unbranched alkanes of at least 4 members (excludes halogenated alkanes) is 1. The van der Waals surface area contributed by atoms with Gasteiger partial charge in [0.1, 0.15) is 29.5 Å². The molecule has 0 aromatic carbocycles. The van der Waals surface area contributed by atoms with Crippen LogP contribution >= 0.6 is 20.0 Å². The van der Waals surface area contributed by atoms with Crippen LogP contribution in [-0.2, 0) is 13.8 Å². The lowest BCUT2D eigenvalue weighted by Crippen LogP contribution is -2.34. The highest BCUT2D eigenvalue weighted by molar-refractivity contribution is 7.71. The van der Waals surface area contributed by atoms with Gasteiger partial charge in [0.15, 0.2) is 16.8 Å². The van der Waals surface area contributed by atoms with Crippen LogP contribution in [0.2, 0.25) is 0 Å². The number of aromatic nitrogens is 4. The van der Waals surface area contributed by atoms with E-state index < -0.39 is 39.0 Å². The Bertz CT molecular complexity index is 1070. The average Bonchev–Trinajstić information content (AvgIpc) is 3.24. The molecule has 15 nitrogen and oxygen atoms in total. The molecule has 0 radical (unpaired) electrons. The van der Waals surface area contributed by atoms with E-state index in [9.17, 15) is 19.7 Å². The number of aromatic amines is 1. The topological polar surface area (TPSA) is 242 Å². The van der Waals surface area contributed by atoms with Gasteiger partial charge in [0, 0.05) is 13.1 Å². The van der Waals surface area contributed by atoms with Gasteiger partial charge in [0.25, 0.3) is 7.82 Å². The van der Waals surface area contributed by atoms with Gasteiger partial charge in [-0.3, -0.25) is 14.1 Å². The number of phosphoric ester groups is 1. The minimum absolute atomic E-state index is 0.0380. The number of aliphatic hydroxyl groups excluding tert-OH is 2. The summed E-state index contributed by atoms with van der Waals surface area (Å²) in [5.41, 5.74) is 11.2. The number of rotatable bonds is 10. The highest BCUT2D eigenvalue weighted by Gasteiger charge is 2.44. The van der Waals surface area contributed by atoms with Crippen LogP contribution in [0.5, 0.6) is 0 Å². The molecule has 5 atom stereocenters. The van der Waals surface area contributed by atoms with Crippen molar-refractivity contribution in [1.29, 1.82) is 0 Å². The van der Waals surface area contributed by atoms with Crippen LogP contribution in [-0.4, -0.2) is 78.6 Å². The second-order valence-corrected chi connectivity index (χ2v) is 8.57. The largest absolute Gasteiger partial charge is 0.756 e. The summed E-state index contributed by atoms with van der Waals surface area (Å²) in [5, 5.41) is 23.7. The van der Waals surface area contributed by atoms with Crippen LogP contribution < -0.4 is 21.7 Å². The number of H-pyrrole nitrogens is 1. The molecule has 3 heterocycles. The lowest BCUT2D eigenvalue weighted by atomic mass is 10.1. The van der Waals surface area contributed by atoms with E-state index in [-0.39, 0.29) is 10.6 Å². The maximum atomic E-state index is 10.8. The molecule has 0 saturated carbocycles. The SMILES string of the molecule is NC(N)=NCCCCNc1nc(=S)c2ncn([C@@H]3O[C@H](COP(=O)([O-])O)C(O)[C@@H]3O)c2[nH]1. The molecule has 2 aromatic heterocycles. The van der Waals surface area contributed by atoms with Crippen molar-refractivity contribution >= 4 is 43.1 Å². The fourth-order valence-corrected chi connectivity index (χ4v) is 3.70. The highest BCUT2D eigenvalue weighted by Crippen LogP contribution is 2.36. The van der Waals surface area contributed by atoms with Crippen molar-refractivity contribution < 1.29 is 33.8 Å². The molecule has 0 bridgehead atoms. The smallest absolute Gasteiger partial charge is 0.265 e. The summed E-state index contributed by atoms with van der Waals surface area (Å²) in [4.78, 5) is 34.9. The predicted octanol–water partition coefficient (Wildman–Crippen LogP) is -1.95. The highest BCUT2D eigenvalue weighted by atomic mass is 32.1. The molecule has 3 rings (SSSR count). The van der Waals surface area contributed by atoms with E-state index in [1.54, 1.807) is 0 Å². The number of imidazole rings is 1. The minimum Gasteiger partial charge on any atom is -0.756 e. The second-order valence-electron chi connectivity index (χ2n) is 6.99. The van der Waals surface area contributed by atoms with Crippen molar-refractivity contribution in [1.82, 2.24) is 19.5 Å². The summed E-state index contributed by atoms with van der Waals surface area (Å²) < 4.78 is 22.2. The molecular formula is C15H24N8O7PS-. The summed E-state index contributed by atoms with van der Waals surface area (Å²) in [5.74, 6) is 0.391. The molecule has 1 fully saturated rings. The minimum atomic E-state index is -5.02. The van der Waals surface area contributed by atoms with Crippen LogP contribution in [0.1, 0.15) is 19.1 Å². The molecular weight excluding hydrogens is 467 g/mol. The molecule has 2 unspecified atom stereocenters. The first kappa shape index (κ1) is 24.5. The average molecular weight is 491 g/mol. The first-order valence-corrected chi connectivity index (χ1v) is 11.4. The molecule has 0 spiro atoms. The predicted molar refractivity (Wildman–Crippen MR) is 113 cm³/mol. The van der Waals surface area contributed by atoms with E-state index >= 15 is 0 Å². The number of nitrogens with zero attached hydrogens (tertiary/aromatic N) is 4. The molecule has 178 valence electrons. The standard InChI is InChI=1S/C15H25N8O7PS/c16-14(17)18-3-1-2-4-19-15-21-11-8(12(32)22-15)20-6-23(11)13-10(25)9(24)7(30-13)5-29-31(26,27)28/h6-7,9-10,13,24-25H,1-5H2,(H4,16,17,18)(H2,26,27,28)(H2,19,21,22,32)/p-1/t7-,9?,10+,13-/m1/s1. The lowest BCUT2D eigenvalue weighted by molar-refractivity contribution is -0.222. The number of fused-ring (bicyclic) bond motifs is 1. The molecule has 17 heteroatoms. The van der Waals surface area contributed by atoms with Gasteiger partial charge >= 0.3 is 0 Å². The Morgan fingerprint density at radius 1 is 1.44 bits per heavy atom. The van der Waals surface area contributed by atoms with Crippen molar-refractivity contribution in [2.75, 3.05) is 25.0 Å². The van der Waals surface area contributed by atoms with Gasteiger partial charge in [0.2, 0.25) is 5.95 Å². The monoisotopic (exact) mass is 491 g/mol. The summed E-state index contributed by atoms with van der Waals surface area (Å²) in [6, 6.07) is 0. The van der Waals surface area contributed by atoms with Crippen molar-refractivity contribution in [2.24, 2.45) is 16.5 Å². The number of phosphoric acid groups is 1. The molecule has 1 saturated heterocycles.